The van der Waals surface area contributed by atoms with Crippen LogP contribution in [0.3, 0.4) is 0 Å². The van der Waals surface area contributed by atoms with E-state index in [-0.39, 0.29) is 0 Å². The van der Waals surface area contributed by atoms with Crippen LogP contribution in [0.25, 0.3) is 0 Å². The molecule has 0 aliphatic carbocycles. The zero-order chi connectivity index (χ0) is 19.5. The lowest BCUT2D eigenvalue weighted by Crippen LogP contribution is -2.16. The van der Waals surface area contributed by atoms with E-state index in [9.17, 15) is 4.57 Å². The van der Waals surface area contributed by atoms with Crippen molar-refractivity contribution in [2.75, 3.05) is 18.5 Å². The first-order valence-electron chi connectivity index (χ1n) is 9.86. The summed E-state index contributed by atoms with van der Waals surface area (Å²) in [4.78, 5) is 0. The Morgan fingerprint density at radius 1 is 0.889 bits per heavy atom. The van der Waals surface area contributed by atoms with Crippen molar-refractivity contribution in [3.63, 3.8) is 0 Å². The Bertz CT molecular complexity index is 689. The van der Waals surface area contributed by atoms with E-state index >= 15 is 0 Å². The molecule has 0 bridgehead atoms. The van der Waals surface area contributed by atoms with E-state index in [1.54, 1.807) is 0 Å². The summed E-state index contributed by atoms with van der Waals surface area (Å²) in [6.45, 7) is 7.08. The summed E-state index contributed by atoms with van der Waals surface area (Å²) in [7, 11) is -3.40. The van der Waals surface area contributed by atoms with Gasteiger partial charge in [0.05, 0.1) is 13.2 Å². The van der Waals surface area contributed by atoms with Crippen molar-refractivity contribution in [2.45, 2.75) is 52.2 Å². The molecule has 0 saturated carbocycles. The van der Waals surface area contributed by atoms with Crippen LogP contribution in [0.4, 0.5) is 5.69 Å². The van der Waals surface area contributed by atoms with Crippen molar-refractivity contribution in [2.24, 2.45) is 0 Å². The Labute approximate surface area is 163 Å². The molecular formula is C22H32NO3P. The highest BCUT2D eigenvalue weighted by atomic mass is 31.2. The van der Waals surface area contributed by atoms with Gasteiger partial charge in [-0.25, -0.2) is 0 Å². The van der Waals surface area contributed by atoms with Gasteiger partial charge < -0.3 is 14.4 Å². The topological polar surface area (TPSA) is 47.6 Å². The van der Waals surface area contributed by atoms with Crippen LogP contribution in [0.15, 0.2) is 54.6 Å². The van der Waals surface area contributed by atoms with E-state index in [1.807, 2.05) is 61.5 Å². The molecule has 1 N–H and O–H groups in total. The van der Waals surface area contributed by atoms with Gasteiger partial charge >= 0.3 is 7.60 Å². The fraction of sp³-hybridized carbons (Fsp3) is 0.455. The van der Waals surface area contributed by atoms with Crippen LogP contribution in [-0.4, -0.2) is 13.2 Å². The Morgan fingerprint density at radius 2 is 1.44 bits per heavy atom. The number of aryl methyl sites for hydroxylation is 1. The number of para-hydroxylation sites is 1. The van der Waals surface area contributed by atoms with Gasteiger partial charge in [0.1, 0.15) is 0 Å². The standard InChI is InChI=1S/C22H32NO3P/c1-4-6-17-25-27(24,26-18-7-5-2)22(20-15-13-19(3)14-16-20)23-21-11-9-8-10-12-21/h8-16,22-23H,4-7,17-18H2,1-3H3/t22-/m0/s1. The average molecular weight is 389 g/mol. The molecule has 0 spiro atoms. The van der Waals surface area contributed by atoms with Crippen LogP contribution in [0, 0.1) is 6.92 Å². The van der Waals surface area contributed by atoms with Gasteiger partial charge in [-0.05, 0) is 37.5 Å². The van der Waals surface area contributed by atoms with Crippen molar-refractivity contribution in [1.29, 1.82) is 0 Å². The third-order valence-electron chi connectivity index (χ3n) is 4.32. The van der Waals surface area contributed by atoms with E-state index in [2.05, 4.69) is 19.2 Å². The first-order chi connectivity index (χ1) is 13.1. The van der Waals surface area contributed by atoms with Crippen molar-refractivity contribution in [3.05, 3.63) is 65.7 Å². The summed E-state index contributed by atoms with van der Waals surface area (Å²) in [5.74, 6) is -0.547. The van der Waals surface area contributed by atoms with Crippen LogP contribution in [-0.2, 0) is 13.6 Å². The minimum absolute atomic E-state index is 0.429. The first-order valence-corrected chi connectivity index (χ1v) is 11.5. The maximum atomic E-state index is 13.8. The van der Waals surface area contributed by atoms with E-state index in [4.69, 9.17) is 9.05 Å². The van der Waals surface area contributed by atoms with Crippen molar-refractivity contribution in [1.82, 2.24) is 0 Å². The summed E-state index contributed by atoms with van der Waals surface area (Å²) < 4.78 is 25.7. The van der Waals surface area contributed by atoms with Gasteiger partial charge in [0.25, 0.3) is 0 Å². The second-order valence-electron chi connectivity index (χ2n) is 6.74. The minimum Gasteiger partial charge on any atom is -0.368 e. The monoisotopic (exact) mass is 389 g/mol. The molecule has 0 amide bonds. The molecule has 0 saturated heterocycles. The van der Waals surface area contributed by atoms with Gasteiger partial charge in [-0.2, -0.15) is 0 Å². The third-order valence-corrected chi connectivity index (χ3v) is 6.47. The Balaban J connectivity index is 2.34. The van der Waals surface area contributed by atoms with E-state index in [0.717, 1.165) is 42.5 Å². The fourth-order valence-corrected chi connectivity index (χ4v) is 4.63. The van der Waals surface area contributed by atoms with Crippen LogP contribution in [0.1, 0.15) is 56.4 Å². The van der Waals surface area contributed by atoms with Crippen LogP contribution in [0.2, 0.25) is 0 Å². The SMILES string of the molecule is CCCCOP(=O)(OCCCC)[C@H](Nc1ccccc1)c1ccc(C)cc1. The zero-order valence-corrected chi connectivity index (χ0v) is 17.6. The summed E-state index contributed by atoms with van der Waals surface area (Å²) in [5.41, 5.74) is 2.95. The molecule has 2 aromatic rings. The second-order valence-corrected chi connectivity index (χ2v) is 8.85. The molecule has 27 heavy (non-hydrogen) atoms. The molecule has 4 nitrogen and oxygen atoms in total. The normalized spacial score (nSPS) is 12.7. The number of hydrogen-bond donors (Lipinski definition) is 1. The van der Waals surface area contributed by atoms with Gasteiger partial charge in [0, 0.05) is 5.69 Å². The Kier molecular flexibility index (Phi) is 9.06. The minimum atomic E-state index is -3.40. The van der Waals surface area contributed by atoms with Gasteiger partial charge in [0.15, 0.2) is 5.78 Å². The van der Waals surface area contributed by atoms with Crippen LogP contribution in [0.5, 0.6) is 0 Å². The zero-order valence-electron chi connectivity index (χ0n) is 16.7. The third kappa shape index (κ3) is 6.80. The molecule has 0 heterocycles. The Morgan fingerprint density at radius 3 is 1.96 bits per heavy atom. The molecule has 5 heteroatoms. The molecule has 2 rings (SSSR count). The molecule has 0 aliphatic rings. The highest BCUT2D eigenvalue weighted by Crippen LogP contribution is 2.61. The summed E-state index contributed by atoms with van der Waals surface area (Å²) >= 11 is 0. The maximum absolute atomic E-state index is 13.8. The summed E-state index contributed by atoms with van der Waals surface area (Å²) in [5, 5.41) is 3.40. The molecule has 148 valence electrons. The molecule has 1 atom stereocenters. The summed E-state index contributed by atoms with van der Waals surface area (Å²) in [6, 6.07) is 17.8. The highest BCUT2D eigenvalue weighted by molar-refractivity contribution is 7.54. The Hall–Kier alpha value is -1.61. The summed E-state index contributed by atoms with van der Waals surface area (Å²) in [6.07, 6.45) is 3.67. The lowest BCUT2D eigenvalue weighted by Gasteiger charge is -2.29. The van der Waals surface area contributed by atoms with Crippen molar-refractivity contribution >= 4 is 13.3 Å². The van der Waals surface area contributed by atoms with E-state index < -0.39 is 13.4 Å². The quantitative estimate of drug-likeness (QED) is 0.316. The molecule has 0 aromatic heterocycles. The maximum Gasteiger partial charge on any atom is 0.357 e. The number of anilines is 1. The number of benzene rings is 2. The lowest BCUT2D eigenvalue weighted by atomic mass is 10.1. The predicted octanol–water partition coefficient (Wildman–Crippen LogP) is 6.93. The van der Waals surface area contributed by atoms with Crippen LogP contribution >= 0.6 is 7.60 Å². The van der Waals surface area contributed by atoms with Gasteiger partial charge in [-0.1, -0.05) is 74.7 Å². The molecule has 0 unspecified atom stereocenters. The predicted molar refractivity (Wildman–Crippen MR) is 113 cm³/mol. The highest BCUT2D eigenvalue weighted by Gasteiger charge is 2.37. The smallest absolute Gasteiger partial charge is 0.357 e. The van der Waals surface area contributed by atoms with Gasteiger partial charge in [-0.3, -0.25) is 4.57 Å². The number of nitrogens with one attached hydrogen (secondary N) is 1. The van der Waals surface area contributed by atoms with E-state index in [0.29, 0.717) is 13.2 Å². The van der Waals surface area contributed by atoms with Crippen molar-refractivity contribution < 1.29 is 13.6 Å². The molecule has 2 aromatic carbocycles. The molecule has 0 radical (unpaired) electrons. The fourth-order valence-electron chi connectivity index (χ4n) is 2.64. The molecule has 0 aliphatic heterocycles. The van der Waals surface area contributed by atoms with Gasteiger partial charge in [-0.15, -0.1) is 0 Å². The molecule has 0 fully saturated rings. The van der Waals surface area contributed by atoms with E-state index in [1.165, 1.54) is 0 Å². The largest absolute Gasteiger partial charge is 0.368 e. The number of rotatable bonds is 12. The first kappa shape index (κ1) is 21.7. The van der Waals surface area contributed by atoms with Crippen molar-refractivity contribution in [3.8, 4) is 0 Å². The second kappa shape index (κ2) is 11.3. The van der Waals surface area contributed by atoms with Crippen LogP contribution < -0.4 is 5.32 Å². The average Bonchev–Trinajstić information content (AvgIpc) is 2.68. The number of hydrogen-bond acceptors (Lipinski definition) is 4. The molecular weight excluding hydrogens is 357 g/mol. The lowest BCUT2D eigenvalue weighted by molar-refractivity contribution is 0.194. The van der Waals surface area contributed by atoms with Gasteiger partial charge in [0.2, 0.25) is 0 Å². The number of unbranched alkanes of at least 4 members (excludes halogenated alkanes) is 2.